The Kier molecular flexibility index (Phi) is 5.30. The number of ether oxygens (including phenoxy) is 1. The van der Waals surface area contributed by atoms with E-state index < -0.39 is 0 Å². The Morgan fingerprint density at radius 3 is 2.95 bits per heavy atom. The monoisotopic (exact) mass is 296 g/mol. The summed E-state index contributed by atoms with van der Waals surface area (Å²) in [5, 5.41) is 3.85. The topological polar surface area (TPSA) is 94.5 Å². The third-order valence-electron chi connectivity index (χ3n) is 4.15. The van der Waals surface area contributed by atoms with E-state index in [0.717, 1.165) is 19.3 Å². The van der Waals surface area contributed by atoms with Gasteiger partial charge in [-0.25, -0.2) is 0 Å². The number of carbonyl (C=O) groups excluding carboxylic acids is 1. The van der Waals surface area contributed by atoms with Gasteiger partial charge in [0.25, 0.3) is 0 Å². The van der Waals surface area contributed by atoms with Crippen LogP contribution in [-0.2, 0) is 16.1 Å². The van der Waals surface area contributed by atoms with E-state index in [2.05, 4.69) is 10.1 Å². The summed E-state index contributed by atoms with van der Waals surface area (Å²) in [6.07, 6.45) is 3.44. The van der Waals surface area contributed by atoms with E-state index in [0.29, 0.717) is 30.6 Å². The van der Waals surface area contributed by atoms with Gasteiger partial charge in [0.2, 0.25) is 11.8 Å². The summed E-state index contributed by atoms with van der Waals surface area (Å²) in [7, 11) is 3.33. The van der Waals surface area contributed by atoms with Gasteiger partial charge in [-0.15, -0.1) is 0 Å². The van der Waals surface area contributed by atoms with Crippen LogP contribution in [0.4, 0.5) is 0 Å². The molecule has 1 aromatic rings. The van der Waals surface area contributed by atoms with Crippen molar-refractivity contribution in [3.05, 3.63) is 11.7 Å². The fraction of sp³-hybridized carbons (Fsp3) is 0.786. The van der Waals surface area contributed by atoms with Gasteiger partial charge in [-0.1, -0.05) is 11.6 Å². The van der Waals surface area contributed by atoms with Gasteiger partial charge in [-0.05, 0) is 25.7 Å². The molecule has 1 unspecified atom stereocenters. The molecule has 21 heavy (non-hydrogen) atoms. The molecule has 1 amide bonds. The van der Waals surface area contributed by atoms with Gasteiger partial charge < -0.3 is 19.9 Å². The molecule has 1 aliphatic carbocycles. The Morgan fingerprint density at radius 2 is 2.33 bits per heavy atom. The largest absolute Gasteiger partial charge is 0.374 e. The third kappa shape index (κ3) is 4.01. The lowest BCUT2D eigenvalue weighted by molar-refractivity contribution is -0.131. The van der Waals surface area contributed by atoms with Crippen molar-refractivity contribution < 1.29 is 14.1 Å². The molecule has 0 spiro atoms. The van der Waals surface area contributed by atoms with Crippen LogP contribution >= 0.6 is 0 Å². The van der Waals surface area contributed by atoms with Gasteiger partial charge >= 0.3 is 0 Å². The number of methoxy groups -OCH3 is 1. The predicted molar refractivity (Wildman–Crippen MR) is 76.1 cm³/mol. The third-order valence-corrected chi connectivity index (χ3v) is 4.15. The van der Waals surface area contributed by atoms with Crippen LogP contribution in [0.1, 0.15) is 50.4 Å². The second-order valence-corrected chi connectivity index (χ2v) is 5.73. The van der Waals surface area contributed by atoms with Crippen molar-refractivity contribution in [2.75, 3.05) is 14.2 Å². The van der Waals surface area contributed by atoms with Gasteiger partial charge in [-0.2, -0.15) is 4.98 Å². The number of amides is 1. The fourth-order valence-corrected chi connectivity index (χ4v) is 2.59. The highest BCUT2D eigenvalue weighted by atomic mass is 16.5. The molecule has 2 rings (SSSR count). The average Bonchev–Trinajstić information content (AvgIpc) is 3.08. The van der Waals surface area contributed by atoms with Crippen LogP contribution in [0.3, 0.4) is 0 Å². The second-order valence-electron chi connectivity index (χ2n) is 5.73. The van der Waals surface area contributed by atoms with Gasteiger partial charge in [0.05, 0.1) is 6.54 Å². The van der Waals surface area contributed by atoms with Gasteiger partial charge in [0.15, 0.2) is 5.82 Å². The summed E-state index contributed by atoms with van der Waals surface area (Å²) in [6, 6.07) is 0.153. The molecule has 0 radical (unpaired) electrons. The first kappa shape index (κ1) is 15.9. The van der Waals surface area contributed by atoms with Crippen molar-refractivity contribution in [1.29, 1.82) is 0 Å². The minimum Gasteiger partial charge on any atom is -0.374 e. The fourth-order valence-electron chi connectivity index (χ4n) is 2.59. The van der Waals surface area contributed by atoms with E-state index in [-0.39, 0.29) is 18.1 Å². The minimum absolute atomic E-state index is 0.0666. The molecule has 1 fully saturated rings. The van der Waals surface area contributed by atoms with Crippen LogP contribution in [0.5, 0.6) is 0 Å². The Morgan fingerprint density at radius 1 is 1.57 bits per heavy atom. The lowest BCUT2D eigenvalue weighted by Crippen LogP contribution is -2.32. The van der Waals surface area contributed by atoms with Crippen LogP contribution in [0.15, 0.2) is 4.52 Å². The molecule has 0 aromatic carbocycles. The van der Waals surface area contributed by atoms with E-state index in [1.54, 1.807) is 19.1 Å². The van der Waals surface area contributed by atoms with E-state index in [4.69, 9.17) is 15.0 Å². The maximum atomic E-state index is 12.2. The summed E-state index contributed by atoms with van der Waals surface area (Å²) in [5.41, 5.74) is 6.01. The predicted octanol–water partition coefficient (Wildman–Crippen LogP) is 1.25. The number of rotatable bonds is 6. The average molecular weight is 296 g/mol. The van der Waals surface area contributed by atoms with Crippen molar-refractivity contribution in [3.63, 3.8) is 0 Å². The SMILES string of the molecule is COC(C)c1noc(CN(C)C(=O)C[C@@H]2CCC[C@H]2N)n1. The highest BCUT2D eigenvalue weighted by Crippen LogP contribution is 2.27. The molecule has 0 saturated heterocycles. The quantitative estimate of drug-likeness (QED) is 0.849. The van der Waals surface area contributed by atoms with Gasteiger partial charge in [-0.3, -0.25) is 4.79 Å². The highest BCUT2D eigenvalue weighted by Gasteiger charge is 2.27. The van der Waals surface area contributed by atoms with Crippen molar-refractivity contribution >= 4 is 5.91 Å². The molecule has 1 aliphatic rings. The first-order valence-electron chi connectivity index (χ1n) is 7.36. The molecule has 118 valence electrons. The zero-order valence-electron chi connectivity index (χ0n) is 12.9. The van der Waals surface area contributed by atoms with Crippen LogP contribution in [0.2, 0.25) is 0 Å². The maximum Gasteiger partial charge on any atom is 0.246 e. The molecule has 7 nitrogen and oxygen atoms in total. The first-order valence-corrected chi connectivity index (χ1v) is 7.36. The van der Waals surface area contributed by atoms with Gasteiger partial charge in [0, 0.05) is 26.6 Å². The molecule has 0 bridgehead atoms. The number of carbonyl (C=O) groups is 1. The molecule has 3 atom stereocenters. The summed E-state index contributed by atoms with van der Waals surface area (Å²) in [5.74, 6) is 1.27. The Balaban J connectivity index is 1.86. The Labute approximate surface area is 124 Å². The van der Waals surface area contributed by atoms with Crippen LogP contribution in [0.25, 0.3) is 0 Å². The standard InChI is InChI=1S/C14H24N4O3/c1-9(20-3)14-16-12(21-17-14)8-18(2)13(19)7-10-5-4-6-11(10)15/h9-11H,4-8,15H2,1-3H3/t9?,10-,11+/m0/s1. The molecular weight excluding hydrogens is 272 g/mol. The molecule has 2 N–H and O–H groups in total. The molecule has 1 saturated carbocycles. The first-order chi connectivity index (χ1) is 10.0. The van der Waals surface area contributed by atoms with Crippen molar-refractivity contribution in [1.82, 2.24) is 15.0 Å². The van der Waals surface area contributed by atoms with Crippen LogP contribution in [-0.4, -0.2) is 41.1 Å². The summed E-state index contributed by atoms with van der Waals surface area (Å²) in [6.45, 7) is 2.15. The van der Waals surface area contributed by atoms with E-state index in [1.165, 1.54) is 0 Å². The second kappa shape index (κ2) is 7.00. The maximum absolute atomic E-state index is 12.2. The smallest absolute Gasteiger partial charge is 0.246 e. The lowest BCUT2D eigenvalue weighted by Gasteiger charge is -2.19. The number of hydrogen-bond acceptors (Lipinski definition) is 6. The number of nitrogens with two attached hydrogens (primary N) is 1. The Hall–Kier alpha value is -1.47. The lowest BCUT2D eigenvalue weighted by atomic mass is 9.99. The molecule has 1 aromatic heterocycles. The van der Waals surface area contributed by atoms with Crippen LogP contribution in [0, 0.1) is 5.92 Å². The van der Waals surface area contributed by atoms with Crippen LogP contribution < -0.4 is 5.73 Å². The molecule has 1 heterocycles. The number of nitrogens with zero attached hydrogens (tertiary/aromatic N) is 3. The molecule has 7 heteroatoms. The van der Waals surface area contributed by atoms with E-state index >= 15 is 0 Å². The number of hydrogen-bond donors (Lipinski definition) is 1. The zero-order valence-corrected chi connectivity index (χ0v) is 12.9. The van der Waals surface area contributed by atoms with E-state index in [9.17, 15) is 4.79 Å². The van der Waals surface area contributed by atoms with Crippen molar-refractivity contribution in [3.8, 4) is 0 Å². The molecule has 0 aliphatic heterocycles. The minimum atomic E-state index is -0.222. The Bertz CT molecular complexity index is 477. The van der Waals surface area contributed by atoms with Gasteiger partial charge in [0.1, 0.15) is 6.10 Å². The normalized spacial score (nSPS) is 23.2. The zero-order chi connectivity index (χ0) is 15.4. The summed E-state index contributed by atoms with van der Waals surface area (Å²) in [4.78, 5) is 18.0. The highest BCUT2D eigenvalue weighted by molar-refractivity contribution is 5.76. The van der Waals surface area contributed by atoms with E-state index in [1.807, 2.05) is 6.92 Å². The van der Waals surface area contributed by atoms with Crippen molar-refractivity contribution in [2.45, 2.75) is 51.3 Å². The summed E-state index contributed by atoms with van der Waals surface area (Å²) >= 11 is 0. The number of aromatic nitrogens is 2. The van der Waals surface area contributed by atoms with Crippen molar-refractivity contribution in [2.24, 2.45) is 11.7 Å². The molecular formula is C14H24N4O3. The summed E-state index contributed by atoms with van der Waals surface area (Å²) < 4.78 is 10.3.